The first-order chi connectivity index (χ1) is 9.97. The fourth-order valence-corrected chi connectivity index (χ4v) is 3.27. The van der Waals surface area contributed by atoms with E-state index in [1.165, 1.54) is 0 Å². The molecule has 1 heterocycles. The molecule has 1 aliphatic heterocycles. The highest BCUT2D eigenvalue weighted by Gasteiger charge is 2.24. The first-order valence-electron chi connectivity index (χ1n) is 7.24. The summed E-state index contributed by atoms with van der Waals surface area (Å²) in [6.45, 7) is 3.38. The first kappa shape index (κ1) is 16.0. The number of carboxylic acid groups (broad SMARTS) is 1. The van der Waals surface area contributed by atoms with Crippen LogP contribution in [0.15, 0.2) is 22.7 Å². The molecule has 1 N–H and O–H groups in total. The second kappa shape index (κ2) is 7.07. The Hall–Kier alpha value is -1.36. The van der Waals surface area contributed by atoms with Crippen molar-refractivity contribution in [3.8, 4) is 0 Å². The van der Waals surface area contributed by atoms with E-state index in [0.717, 1.165) is 41.5 Å². The summed E-state index contributed by atoms with van der Waals surface area (Å²) in [5.41, 5.74) is 1.73. The SMILES string of the molecule is Cc1cc(Br)ccc1C(=O)N1CCC(CCC(=O)O)CC1. The number of aliphatic carboxylic acids is 1. The van der Waals surface area contributed by atoms with Gasteiger partial charge in [-0.15, -0.1) is 0 Å². The van der Waals surface area contributed by atoms with E-state index in [1.807, 2.05) is 30.0 Å². The van der Waals surface area contributed by atoms with Gasteiger partial charge in [0.15, 0.2) is 0 Å². The average Bonchev–Trinajstić information content (AvgIpc) is 2.45. The van der Waals surface area contributed by atoms with Gasteiger partial charge in [0.1, 0.15) is 0 Å². The van der Waals surface area contributed by atoms with Gasteiger partial charge in [-0.25, -0.2) is 0 Å². The zero-order valence-corrected chi connectivity index (χ0v) is 13.7. The van der Waals surface area contributed by atoms with E-state index in [4.69, 9.17) is 5.11 Å². The number of hydrogen-bond acceptors (Lipinski definition) is 2. The number of amides is 1. The van der Waals surface area contributed by atoms with Crippen molar-refractivity contribution in [2.75, 3.05) is 13.1 Å². The standard InChI is InChI=1S/C16H20BrNO3/c1-11-10-13(17)3-4-14(11)16(21)18-8-6-12(7-9-18)2-5-15(19)20/h3-4,10,12H,2,5-9H2,1H3,(H,19,20). The van der Waals surface area contributed by atoms with Gasteiger partial charge in [0.25, 0.3) is 5.91 Å². The van der Waals surface area contributed by atoms with E-state index in [0.29, 0.717) is 12.3 Å². The predicted octanol–water partition coefficient (Wildman–Crippen LogP) is 3.47. The molecule has 0 aliphatic carbocycles. The molecule has 0 spiro atoms. The van der Waals surface area contributed by atoms with Gasteiger partial charge < -0.3 is 10.0 Å². The van der Waals surface area contributed by atoms with Crippen LogP contribution in [0.25, 0.3) is 0 Å². The minimum atomic E-state index is -0.737. The van der Waals surface area contributed by atoms with E-state index >= 15 is 0 Å². The van der Waals surface area contributed by atoms with Crippen molar-refractivity contribution >= 4 is 27.8 Å². The molecule has 2 rings (SSSR count). The number of piperidine rings is 1. The molecule has 1 amide bonds. The Balaban J connectivity index is 1.92. The maximum Gasteiger partial charge on any atom is 0.303 e. The summed E-state index contributed by atoms with van der Waals surface area (Å²) in [5.74, 6) is -0.230. The fraction of sp³-hybridized carbons (Fsp3) is 0.500. The van der Waals surface area contributed by atoms with E-state index in [2.05, 4.69) is 15.9 Å². The van der Waals surface area contributed by atoms with Crippen LogP contribution in [0.3, 0.4) is 0 Å². The maximum absolute atomic E-state index is 12.5. The summed E-state index contributed by atoms with van der Waals surface area (Å²) in [6, 6.07) is 5.70. The topological polar surface area (TPSA) is 57.6 Å². The van der Waals surface area contributed by atoms with E-state index < -0.39 is 5.97 Å². The Kier molecular flexibility index (Phi) is 5.39. The number of rotatable bonds is 4. The highest BCUT2D eigenvalue weighted by molar-refractivity contribution is 9.10. The normalized spacial score (nSPS) is 16.0. The molecule has 1 aromatic carbocycles. The number of aryl methyl sites for hydroxylation is 1. The van der Waals surface area contributed by atoms with E-state index in [-0.39, 0.29) is 12.3 Å². The van der Waals surface area contributed by atoms with Crippen LogP contribution < -0.4 is 0 Å². The van der Waals surface area contributed by atoms with E-state index in [9.17, 15) is 9.59 Å². The minimum Gasteiger partial charge on any atom is -0.481 e. The first-order valence-corrected chi connectivity index (χ1v) is 8.04. The molecule has 21 heavy (non-hydrogen) atoms. The third-order valence-electron chi connectivity index (χ3n) is 4.09. The van der Waals surface area contributed by atoms with Crippen LogP contribution in [0.1, 0.15) is 41.6 Å². The Bertz CT molecular complexity index is 536. The Morgan fingerprint density at radius 2 is 2.00 bits per heavy atom. The van der Waals surface area contributed by atoms with Crippen LogP contribution in [-0.4, -0.2) is 35.0 Å². The monoisotopic (exact) mass is 353 g/mol. The Morgan fingerprint density at radius 3 is 2.57 bits per heavy atom. The third-order valence-corrected chi connectivity index (χ3v) is 4.58. The lowest BCUT2D eigenvalue weighted by molar-refractivity contribution is -0.137. The summed E-state index contributed by atoms with van der Waals surface area (Å²) in [6.07, 6.45) is 2.74. The molecular weight excluding hydrogens is 334 g/mol. The summed E-state index contributed by atoms with van der Waals surface area (Å²) in [7, 11) is 0. The fourth-order valence-electron chi connectivity index (χ4n) is 2.79. The van der Waals surface area contributed by atoms with Crippen LogP contribution in [0, 0.1) is 12.8 Å². The number of hydrogen-bond donors (Lipinski definition) is 1. The molecule has 0 bridgehead atoms. The molecule has 0 unspecified atom stereocenters. The van der Waals surface area contributed by atoms with Gasteiger partial charge in [-0.05, 0) is 55.9 Å². The lowest BCUT2D eigenvalue weighted by atomic mass is 9.91. The summed E-state index contributed by atoms with van der Waals surface area (Å²) < 4.78 is 0.976. The van der Waals surface area contributed by atoms with Gasteiger partial charge in [-0.2, -0.15) is 0 Å². The highest BCUT2D eigenvalue weighted by atomic mass is 79.9. The van der Waals surface area contributed by atoms with Crippen molar-refractivity contribution in [2.45, 2.75) is 32.6 Å². The van der Waals surface area contributed by atoms with Gasteiger partial charge in [0.2, 0.25) is 0 Å². The number of nitrogens with zero attached hydrogens (tertiary/aromatic N) is 1. The quantitative estimate of drug-likeness (QED) is 0.901. The minimum absolute atomic E-state index is 0.0803. The van der Waals surface area contributed by atoms with Crippen molar-refractivity contribution in [3.63, 3.8) is 0 Å². The molecule has 1 aromatic rings. The van der Waals surface area contributed by atoms with Crippen molar-refractivity contribution in [1.82, 2.24) is 4.90 Å². The van der Waals surface area contributed by atoms with Crippen LogP contribution in [0.4, 0.5) is 0 Å². The molecule has 1 fully saturated rings. The lowest BCUT2D eigenvalue weighted by Gasteiger charge is -2.32. The van der Waals surface area contributed by atoms with Crippen LogP contribution in [0.5, 0.6) is 0 Å². The zero-order valence-electron chi connectivity index (χ0n) is 12.1. The molecule has 0 aromatic heterocycles. The van der Waals surface area contributed by atoms with Gasteiger partial charge >= 0.3 is 5.97 Å². The summed E-state index contributed by atoms with van der Waals surface area (Å²) in [4.78, 5) is 25.0. The maximum atomic E-state index is 12.5. The molecule has 0 radical (unpaired) electrons. The van der Waals surface area contributed by atoms with Crippen LogP contribution >= 0.6 is 15.9 Å². The highest BCUT2D eigenvalue weighted by Crippen LogP contribution is 2.24. The number of carbonyl (C=O) groups excluding carboxylic acids is 1. The Labute approximate surface area is 133 Å². The van der Waals surface area contributed by atoms with Gasteiger partial charge in [0, 0.05) is 29.5 Å². The van der Waals surface area contributed by atoms with Crippen LogP contribution in [0.2, 0.25) is 0 Å². The van der Waals surface area contributed by atoms with Crippen molar-refractivity contribution in [2.24, 2.45) is 5.92 Å². The molecule has 1 aliphatic rings. The number of carbonyl (C=O) groups is 2. The molecule has 5 heteroatoms. The van der Waals surface area contributed by atoms with Gasteiger partial charge in [0.05, 0.1) is 0 Å². The molecule has 0 atom stereocenters. The summed E-state index contributed by atoms with van der Waals surface area (Å²) >= 11 is 3.41. The van der Waals surface area contributed by atoms with Gasteiger partial charge in [-0.3, -0.25) is 9.59 Å². The largest absolute Gasteiger partial charge is 0.481 e. The molecule has 4 nitrogen and oxygen atoms in total. The number of carboxylic acids is 1. The third kappa shape index (κ3) is 4.30. The zero-order chi connectivity index (χ0) is 15.4. The van der Waals surface area contributed by atoms with Gasteiger partial charge in [-0.1, -0.05) is 15.9 Å². The second-order valence-corrected chi connectivity index (χ2v) is 6.54. The molecule has 1 saturated heterocycles. The average molecular weight is 354 g/mol. The number of benzene rings is 1. The van der Waals surface area contributed by atoms with Crippen molar-refractivity contribution < 1.29 is 14.7 Å². The number of likely N-dealkylation sites (tertiary alicyclic amines) is 1. The van der Waals surface area contributed by atoms with Crippen molar-refractivity contribution in [3.05, 3.63) is 33.8 Å². The molecule has 0 saturated carbocycles. The Morgan fingerprint density at radius 1 is 1.33 bits per heavy atom. The molecule has 114 valence electrons. The number of halogens is 1. The lowest BCUT2D eigenvalue weighted by Crippen LogP contribution is -2.38. The smallest absolute Gasteiger partial charge is 0.303 e. The van der Waals surface area contributed by atoms with Crippen molar-refractivity contribution in [1.29, 1.82) is 0 Å². The molecular formula is C16H20BrNO3. The van der Waals surface area contributed by atoms with Crippen LogP contribution in [-0.2, 0) is 4.79 Å². The second-order valence-electron chi connectivity index (χ2n) is 5.63. The predicted molar refractivity (Wildman–Crippen MR) is 84.4 cm³/mol. The van der Waals surface area contributed by atoms with E-state index in [1.54, 1.807) is 0 Å². The summed E-state index contributed by atoms with van der Waals surface area (Å²) in [5, 5.41) is 8.72.